The Morgan fingerprint density at radius 2 is 2.25 bits per heavy atom. The van der Waals surface area contributed by atoms with Crippen molar-refractivity contribution < 1.29 is 4.79 Å². The molecule has 0 bridgehead atoms. The van der Waals surface area contributed by atoms with Crippen LogP contribution in [-0.2, 0) is 4.79 Å². The number of aldehydes is 1. The first-order valence-electron chi connectivity index (χ1n) is 2.87. The molecule has 0 aliphatic rings. The zero-order valence-corrected chi connectivity index (χ0v) is 5.42. The molecule has 0 aliphatic carbocycles. The Kier molecular flexibility index (Phi) is 4.23. The van der Waals surface area contributed by atoms with Gasteiger partial charge in [-0.05, 0) is 13.3 Å². The zero-order valence-electron chi connectivity index (χ0n) is 5.42. The van der Waals surface area contributed by atoms with E-state index in [1.54, 1.807) is 0 Å². The van der Waals surface area contributed by atoms with Crippen molar-refractivity contribution in [3.8, 4) is 0 Å². The summed E-state index contributed by atoms with van der Waals surface area (Å²) in [4.78, 5) is 9.98. The molecule has 0 heterocycles. The summed E-state index contributed by atoms with van der Waals surface area (Å²) >= 11 is 0. The minimum atomic E-state index is 0.186. The summed E-state index contributed by atoms with van der Waals surface area (Å²) in [7, 11) is 0. The van der Waals surface area contributed by atoms with E-state index >= 15 is 0 Å². The van der Waals surface area contributed by atoms with Crippen LogP contribution in [0.25, 0.3) is 0 Å². The zero-order chi connectivity index (χ0) is 6.41. The second kappa shape index (κ2) is 4.57. The minimum Gasteiger partial charge on any atom is -0.303 e. The van der Waals surface area contributed by atoms with Gasteiger partial charge in [0.1, 0.15) is 6.29 Å². The summed E-state index contributed by atoms with van der Waals surface area (Å²) in [6, 6.07) is 0. The quantitative estimate of drug-likeness (QED) is 0.402. The van der Waals surface area contributed by atoms with Crippen LogP contribution in [-0.4, -0.2) is 6.29 Å². The third-order valence-corrected chi connectivity index (χ3v) is 0.976. The van der Waals surface area contributed by atoms with Gasteiger partial charge < -0.3 is 4.79 Å². The molecule has 1 atom stereocenters. The molecule has 0 rings (SSSR count). The third kappa shape index (κ3) is 3.59. The number of rotatable bonds is 3. The van der Waals surface area contributed by atoms with Gasteiger partial charge in [0.25, 0.3) is 0 Å². The van der Waals surface area contributed by atoms with Crippen LogP contribution in [0, 0.1) is 5.92 Å². The average Bonchev–Trinajstić information content (AvgIpc) is 1.83. The highest BCUT2D eigenvalue weighted by molar-refractivity contribution is 5.52. The van der Waals surface area contributed by atoms with E-state index in [9.17, 15) is 4.79 Å². The fourth-order valence-corrected chi connectivity index (χ4v) is 0.406. The van der Waals surface area contributed by atoms with E-state index in [-0.39, 0.29) is 5.92 Å². The molecule has 0 spiro atoms. The van der Waals surface area contributed by atoms with Gasteiger partial charge in [0, 0.05) is 5.92 Å². The Hall–Kier alpha value is -0.590. The maximum Gasteiger partial charge on any atom is 0.123 e. The van der Waals surface area contributed by atoms with E-state index in [1.807, 2.05) is 26.0 Å². The summed E-state index contributed by atoms with van der Waals surface area (Å²) in [6.45, 7) is 3.87. The topological polar surface area (TPSA) is 17.1 Å². The molecule has 0 saturated carbocycles. The van der Waals surface area contributed by atoms with E-state index in [0.717, 1.165) is 12.7 Å². The van der Waals surface area contributed by atoms with Crippen molar-refractivity contribution in [3.63, 3.8) is 0 Å². The number of hydrogen-bond donors (Lipinski definition) is 0. The Labute approximate surface area is 50.4 Å². The smallest absolute Gasteiger partial charge is 0.123 e. The van der Waals surface area contributed by atoms with Gasteiger partial charge in [-0.1, -0.05) is 19.1 Å². The molecule has 1 unspecified atom stereocenters. The summed E-state index contributed by atoms with van der Waals surface area (Å²) in [5.74, 6) is 0.186. The summed E-state index contributed by atoms with van der Waals surface area (Å²) in [5.41, 5.74) is 0. The average molecular weight is 112 g/mol. The first-order valence-corrected chi connectivity index (χ1v) is 2.87. The van der Waals surface area contributed by atoms with Crippen LogP contribution < -0.4 is 0 Å². The van der Waals surface area contributed by atoms with Crippen LogP contribution >= 0.6 is 0 Å². The van der Waals surface area contributed by atoms with Crippen molar-refractivity contribution >= 4 is 6.29 Å². The number of allylic oxidation sites excluding steroid dienone is 2. The van der Waals surface area contributed by atoms with Gasteiger partial charge in [-0.15, -0.1) is 0 Å². The lowest BCUT2D eigenvalue weighted by Crippen LogP contribution is -1.91. The molecule has 0 aromatic heterocycles. The Balaban J connectivity index is 3.23. The molecular formula is C7H12O. The highest BCUT2D eigenvalue weighted by Gasteiger charge is 1.91. The summed E-state index contributed by atoms with van der Waals surface area (Å²) in [6.07, 6.45) is 5.80. The van der Waals surface area contributed by atoms with Crippen LogP contribution in [0.4, 0.5) is 0 Å². The van der Waals surface area contributed by atoms with Crippen LogP contribution in [0.5, 0.6) is 0 Å². The van der Waals surface area contributed by atoms with Gasteiger partial charge in [-0.2, -0.15) is 0 Å². The monoisotopic (exact) mass is 112 g/mol. The van der Waals surface area contributed by atoms with Crippen molar-refractivity contribution in [2.45, 2.75) is 20.3 Å². The highest BCUT2D eigenvalue weighted by Crippen LogP contribution is 1.96. The second-order valence-electron chi connectivity index (χ2n) is 1.92. The van der Waals surface area contributed by atoms with Gasteiger partial charge in [-0.3, -0.25) is 0 Å². The second-order valence-corrected chi connectivity index (χ2v) is 1.92. The number of carbonyl (C=O) groups excluding carboxylic acids is 1. The molecular weight excluding hydrogens is 100 g/mol. The van der Waals surface area contributed by atoms with E-state index in [2.05, 4.69) is 0 Å². The van der Waals surface area contributed by atoms with Crippen molar-refractivity contribution in [1.29, 1.82) is 0 Å². The van der Waals surface area contributed by atoms with Crippen molar-refractivity contribution in [2.75, 3.05) is 0 Å². The van der Waals surface area contributed by atoms with Crippen LogP contribution in [0.2, 0.25) is 0 Å². The summed E-state index contributed by atoms with van der Waals surface area (Å²) < 4.78 is 0. The molecule has 1 heteroatoms. The van der Waals surface area contributed by atoms with Gasteiger partial charge in [0.2, 0.25) is 0 Å². The first-order chi connectivity index (χ1) is 3.81. The maximum atomic E-state index is 9.98. The highest BCUT2D eigenvalue weighted by atomic mass is 16.1. The number of carbonyl (C=O) groups is 1. The lowest BCUT2D eigenvalue weighted by molar-refractivity contribution is -0.110. The SMILES string of the molecule is C/C=C/CC(C)C=O. The van der Waals surface area contributed by atoms with Crippen molar-refractivity contribution in [2.24, 2.45) is 5.92 Å². The standard InChI is InChI=1S/C7H12O/c1-3-4-5-7(2)6-8/h3-4,6-7H,5H2,1-2H3/b4-3+. The first kappa shape index (κ1) is 7.41. The van der Waals surface area contributed by atoms with Crippen molar-refractivity contribution in [1.82, 2.24) is 0 Å². The van der Waals surface area contributed by atoms with Crippen LogP contribution in [0.1, 0.15) is 20.3 Å². The predicted octanol–water partition coefficient (Wildman–Crippen LogP) is 1.79. The molecule has 1 nitrogen and oxygen atoms in total. The minimum absolute atomic E-state index is 0.186. The molecule has 0 fully saturated rings. The normalized spacial score (nSPS) is 14.2. The van der Waals surface area contributed by atoms with E-state index in [4.69, 9.17) is 0 Å². The van der Waals surface area contributed by atoms with Crippen LogP contribution in [0.15, 0.2) is 12.2 Å². The lowest BCUT2D eigenvalue weighted by Gasteiger charge is -1.92. The van der Waals surface area contributed by atoms with Crippen molar-refractivity contribution in [3.05, 3.63) is 12.2 Å². The molecule has 0 amide bonds. The van der Waals surface area contributed by atoms with E-state index in [0.29, 0.717) is 0 Å². The predicted molar refractivity (Wildman–Crippen MR) is 34.7 cm³/mol. The maximum absolute atomic E-state index is 9.98. The summed E-state index contributed by atoms with van der Waals surface area (Å²) in [5, 5.41) is 0. The Bertz CT molecular complexity index is 84.4. The van der Waals surface area contributed by atoms with E-state index < -0.39 is 0 Å². The number of hydrogen-bond acceptors (Lipinski definition) is 1. The molecule has 0 aliphatic heterocycles. The van der Waals surface area contributed by atoms with Gasteiger partial charge >= 0.3 is 0 Å². The van der Waals surface area contributed by atoms with Gasteiger partial charge in [0.05, 0.1) is 0 Å². The lowest BCUT2D eigenvalue weighted by atomic mass is 10.1. The van der Waals surface area contributed by atoms with E-state index in [1.165, 1.54) is 0 Å². The molecule has 46 valence electrons. The fourth-order valence-electron chi connectivity index (χ4n) is 0.406. The molecule has 0 saturated heterocycles. The molecule has 0 N–H and O–H groups in total. The van der Waals surface area contributed by atoms with Gasteiger partial charge in [0.15, 0.2) is 0 Å². The Morgan fingerprint density at radius 3 is 2.62 bits per heavy atom. The fraction of sp³-hybridized carbons (Fsp3) is 0.571. The van der Waals surface area contributed by atoms with Crippen LogP contribution in [0.3, 0.4) is 0 Å². The Morgan fingerprint density at radius 1 is 1.62 bits per heavy atom. The molecule has 0 aromatic rings. The third-order valence-electron chi connectivity index (χ3n) is 0.976. The molecule has 8 heavy (non-hydrogen) atoms. The molecule has 0 aromatic carbocycles. The van der Waals surface area contributed by atoms with Gasteiger partial charge in [-0.25, -0.2) is 0 Å². The largest absolute Gasteiger partial charge is 0.303 e. The molecule has 0 radical (unpaired) electrons.